The predicted octanol–water partition coefficient (Wildman–Crippen LogP) is 5.93. The molecule has 0 bridgehead atoms. The first-order chi connectivity index (χ1) is 13.6. The van der Waals surface area contributed by atoms with Crippen molar-refractivity contribution < 1.29 is 9.53 Å². The Morgan fingerprint density at radius 2 is 1.79 bits per heavy atom. The van der Waals surface area contributed by atoms with Crippen LogP contribution in [0.25, 0.3) is 16.8 Å². The molecule has 0 atom stereocenters. The number of nitrogens with zero attached hydrogens (tertiary/aromatic N) is 2. The largest absolute Gasteiger partial charge is 0.462 e. The van der Waals surface area contributed by atoms with Gasteiger partial charge < -0.3 is 4.74 Å². The van der Waals surface area contributed by atoms with E-state index in [9.17, 15) is 4.79 Å². The molecule has 0 fully saturated rings. The summed E-state index contributed by atoms with van der Waals surface area (Å²) < 4.78 is 7.10. The van der Waals surface area contributed by atoms with Gasteiger partial charge in [0.25, 0.3) is 0 Å². The number of benzene rings is 2. The van der Waals surface area contributed by atoms with Crippen LogP contribution in [-0.2, 0) is 4.74 Å². The Morgan fingerprint density at radius 1 is 1.04 bits per heavy atom. The van der Waals surface area contributed by atoms with Crippen LogP contribution in [0.3, 0.4) is 0 Å². The summed E-state index contributed by atoms with van der Waals surface area (Å²) in [5, 5.41) is 4.64. The van der Waals surface area contributed by atoms with E-state index in [4.69, 9.17) is 4.74 Å². The van der Waals surface area contributed by atoms with Gasteiger partial charge in [0.05, 0.1) is 23.6 Å². The monoisotopic (exact) mass is 376 g/mol. The second-order valence-electron chi connectivity index (χ2n) is 6.99. The molecule has 1 heterocycles. The molecule has 0 radical (unpaired) electrons. The molecule has 4 nitrogen and oxygen atoms in total. The van der Waals surface area contributed by atoms with Crippen molar-refractivity contribution in [3.8, 4) is 16.8 Å². The summed E-state index contributed by atoms with van der Waals surface area (Å²) in [5.41, 5.74) is 6.01. The zero-order valence-electron chi connectivity index (χ0n) is 17.1. The number of hydrogen-bond donors (Lipinski definition) is 0. The van der Waals surface area contributed by atoms with Crippen molar-refractivity contribution in [3.63, 3.8) is 0 Å². The maximum Gasteiger partial charge on any atom is 0.338 e. The summed E-state index contributed by atoms with van der Waals surface area (Å²) in [5.74, 6) is 0.195. The van der Waals surface area contributed by atoms with Crippen LogP contribution in [0, 0.1) is 6.92 Å². The average molecular weight is 377 g/mol. The van der Waals surface area contributed by atoms with Crippen LogP contribution in [0.1, 0.15) is 61.1 Å². The van der Waals surface area contributed by atoms with Gasteiger partial charge in [-0.1, -0.05) is 38.1 Å². The number of rotatable bonds is 7. The second kappa shape index (κ2) is 8.87. The molecule has 146 valence electrons. The number of ether oxygens (including phenoxy) is 1. The molecule has 0 amide bonds. The first-order valence-electron chi connectivity index (χ1n) is 10.0. The van der Waals surface area contributed by atoms with E-state index < -0.39 is 0 Å². The Morgan fingerprint density at radius 3 is 2.43 bits per heavy atom. The lowest BCUT2D eigenvalue weighted by Gasteiger charge is -2.19. The van der Waals surface area contributed by atoms with Gasteiger partial charge in [-0.05, 0) is 73.6 Å². The van der Waals surface area contributed by atoms with Crippen LogP contribution in [0.4, 0.5) is 0 Å². The number of carbonyl (C=O) groups excluding carboxylic acids is 1. The second-order valence-corrected chi connectivity index (χ2v) is 6.99. The SMILES string of the molecule is CCOC(=O)c1cccc(-c2ccc(C(CC)CC)c(-n3ccc(C)n3)c2)c1. The molecule has 0 aliphatic carbocycles. The Bertz CT molecular complexity index is 955. The highest BCUT2D eigenvalue weighted by atomic mass is 16.5. The highest BCUT2D eigenvalue weighted by Gasteiger charge is 2.16. The minimum absolute atomic E-state index is 0.291. The van der Waals surface area contributed by atoms with E-state index in [0.717, 1.165) is 35.3 Å². The Hall–Kier alpha value is -2.88. The van der Waals surface area contributed by atoms with E-state index in [1.54, 1.807) is 6.07 Å². The van der Waals surface area contributed by atoms with Crippen molar-refractivity contribution in [3.05, 3.63) is 71.5 Å². The fourth-order valence-corrected chi connectivity index (χ4v) is 3.58. The van der Waals surface area contributed by atoms with Crippen molar-refractivity contribution in [2.45, 2.75) is 46.5 Å². The van der Waals surface area contributed by atoms with Gasteiger partial charge in [0.2, 0.25) is 0 Å². The molecular weight excluding hydrogens is 348 g/mol. The van der Waals surface area contributed by atoms with Crippen LogP contribution in [0.2, 0.25) is 0 Å². The van der Waals surface area contributed by atoms with Gasteiger partial charge in [-0.15, -0.1) is 0 Å². The summed E-state index contributed by atoms with van der Waals surface area (Å²) in [7, 11) is 0. The Balaban J connectivity index is 2.08. The lowest BCUT2D eigenvalue weighted by Crippen LogP contribution is -2.06. The lowest BCUT2D eigenvalue weighted by atomic mass is 9.90. The molecule has 0 saturated carbocycles. The number of carbonyl (C=O) groups is 1. The third-order valence-corrected chi connectivity index (χ3v) is 5.13. The topological polar surface area (TPSA) is 44.1 Å². The lowest BCUT2D eigenvalue weighted by molar-refractivity contribution is 0.0526. The molecule has 0 N–H and O–H groups in total. The molecule has 28 heavy (non-hydrogen) atoms. The van der Waals surface area contributed by atoms with Crippen LogP contribution in [0.15, 0.2) is 54.7 Å². The number of aryl methyl sites for hydroxylation is 1. The van der Waals surface area contributed by atoms with Crippen molar-refractivity contribution in [1.29, 1.82) is 0 Å². The minimum Gasteiger partial charge on any atom is -0.462 e. The summed E-state index contributed by atoms with van der Waals surface area (Å²) in [6.07, 6.45) is 4.18. The van der Waals surface area contributed by atoms with Crippen molar-refractivity contribution in [1.82, 2.24) is 9.78 Å². The summed E-state index contributed by atoms with van der Waals surface area (Å²) in [4.78, 5) is 12.1. The normalized spacial score (nSPS) is 11.0. The van der Waals surface area contributed by atoms with Crippen molar-refractivity contribution >= 4 is 5.97 Å². The highest BCUT2D eigenvalue weighted by Crippen LogP contribution is 2.32. The van der Waals surface area contributed by atoms with E-state index in [-0.39, 0.29) is 5.97 Å². The third kappa shape index (κ3) is 4.16. The van der Waals surface area contributed by atoms with Gasteiger partial charge >= 0.3 is 5.97 Å². The van der Waals surface area contributed by atoms with Crippen molar-refractivity contribution in [2.75, 3.05) is 6.61 Å². The maximum absolute atomic E-state index is 12.1. The molecule has 0 spiro atoms. The van der Waals surface area contributed by atoms with Gasteiger partial charge in [-0.3, -0.25) is 0 Å². The quantitative estimate of drug-likeness (QED) is 0.480. The van der Waals surface area contributed by atoms with Crippen molar-refractivity contribution in [2.24, 2.45) is 0 Å². The first-order valence-corrected chi connectivity index (χ1v) is 10.0. The zero-order chi connectivity index (χ0) is 20.1. The minimum atomic E-state index is -0.291. The molecule has 3 rings (SSSR count). The highest BCUT2D eigenvalue weighted by molar-refractivity contribution is 5.91. The molecule has 0 aliphatic rings. The zero-order valence-corrected chi connectivity index (χ0v) is 17.1. The van der Waals surface area contributed by atoms with E-state index >= 15 is 0 Å². The molecule has 0 aliphatic heterocycles. The molecule has 4 heteroatoms. The number of aromatic nitrogens is 2. The van der Waals surface area contributed by atoms with E-state index in [2.05, 4.69) is 37.1 Å². The van der Waals surface area contributed by atoms with Crippen LogP contribution in [-0.4, -0.2) is 22.4 Å². The number of esters is 1. The van der Waals surface area contributed by atoms with Gasteiger partial charge in [0, 0.05) is 6.20 Å². The molecule has 0 saturated heterocycles. The fraction of sp³-hybridized carbons (Fsp3) is 0.333. The molecule has 0 unspecified atom stereocenters. The van der Waals surface area contributed by atoms with E-state index in [1.165, 1.54) is 5.56 Å². The smallest absolute Gasteiger partial charge is 0.338 e. The van der Waals surface area contributed by atoms with Gasteiger partial charge in [-0.25, -0.2) is 9.48 Å². The summed E-state index contributed by atoms with van der Waals surface area (Å²) >= 11 is 0. The standard InChI is InChI=1S/C24H28N2O2/c1-5-18(6-2)22-12-11-20(16-23(22)26-14-13-17(4)25-26)19-9-8-10-21(15-19)24(27)28-7-3/h8-16,18H,5-7H2,1-4H3. The van der Waals surface area contributed by atoms with Gasteiger partial charge in [0.1, 0.15) is 0 Å². The fourth-order valence-electron chi connectivity index (χ4n) is 3.58. The molecule has 1 aromatic heterocycles. The summed E-state index contributed by atoms with van der Waals surface area (Å²) in [6.45, 7) is 8.64. The Kier molecular flexibility index (Phi) is 6.30. The third-order valence-electron chi connectivity index (χ3n) is 5.13. The Labute approximate surface area is 167 Å². The molecule has 2 aromatic carbocycles. The maximum atomic E-state index is 12.1. The van der Waals surface area contributed by atoms with Gasteiger partial charge in [-0.2, -0.15) is 5.10 Å². The molecular formula is C24H28N2O2. The average Bonchev–Trinajstić information content (AvgIpc) is 3.15. The van der Waals surface area contributed by atoms with E-state index in [0.29, 0.717) is 18.1 Å². The first kappa shape index (κ1) is 19.9. The van der Waals surface area contributed by atoms with Crippen LogP contribution < -0.4 is 0 Å². The van der Waals surface area contributed by atoms with Gasteiger partial charge in [0.15, 0.2) is 0 Å². The number of hydrogen-bond acceptors (Lipinski definition) is 3. The van der Waals surface area contributed by atoms with E-state index in [1.807, 2.05) is 49.0 Å². The predicted molar refractivity (Wildman–Crippen MR) is 113 cm³/mol. The van der Waals surface area contributed by atoms with Crippen LogP contribution >= 0.6 is 0 Å². The molecule has 3 aromatic rings. The van der Waals surface area contributed by atoms with Crippen LogP contribution in [0.5, 0.6) is 0 Å². The summed E-state index contributed by atoms with van der Waals surface area (Å²) in [6, 6.07) is 16.1.